The molecule has 1 N–H and O–H groups in total. The van der Waals surface area contributed by atoms with Gasteiger partial charge in [-0.05, 0) is 37.5 Å². The second kappa shape index (κ2) is 9.04. The molecule has 0 spiro atoms. The molecule has 2 aromatic rings. The Bertz CT molecular complexity index is 818. The fourth-order valence-electron chi connectivity index (χ4n) is 3.41. The maximum absolute atomic E-state index is 12.6. The number of likely N-dealkylation sites (tertiary alicyclic amines) is 1. The summed E-state index contributed by atoms with van der Waals surface area (Å²) < 4.78 is 1.75. The Hall–Kier alpha value is -2.34. The number of carbonyl (C=O) groups is 2. The number of hydrogen-bond acceptors (Lipinski definition) is 3. The summed E-state index contributed by atoms with van der Waals surface area (Å²) in [6, 6.07) is 7.39. The zero-order chi connectivity index (χ0) is 19.2. The Morgan fingerprint density at radius 2 is 2.15 bits per heavy atom. The molecule has 1 aromatic heterocycles. The lowest BCUT2D eigenvalue weighted by Gasteiger charge is -2.20. The molecule has 0 radical (unpaired) electrons. The Morgan fingerprint density at radius 3 is 2.93 bits per heavy atom. The molecule has 0 bridgehead atoms. The predicted molar refractivity (Wildman–Crippen MR) is 105 cm³/mol. The molecule has 0 unspecified atom stereocenters. The first-order chi connectivity index (χ1) is 13.1. The van der Waals surface area contributed by atoms with Crippen molar-refractivity contribution in [3.8, 4) is 5.69 Å². The molecule has 144 valence electrons. The first-order valence-electron chi connectivity index (χ1n) is 9.49. The number of nitrogens with one attached hydrogen (secondary N) is 1. The van der Waals surface area contributed by atoms with Gasteiger partial charge in [-0.15, -0.1) is 0 Å². The molecular formula is C20H25ClN4O2. The zero-order valence-corrected chi connectivity index (χ0v) is 16.3. The van der Waals surface area contributed by atoms with Crippen LogP contribution >= 0.6 is 11.6 Å². The van der Waals surface area contributed by atoms with Crippen molar-refractivity contribution in [3.63, 3.8) is 0 Å². The van der Waals surface area contributed by atoms with Gasteiger partial charge in [-0.2, -0.15) is 5.10 Å². The quantitative estimate of drug-likeness (QED) is 0.826. The van der Waals surface area contributed by atoms with E-state index in [-0.39, 0.29) is 11.8 Å². The standard InChI is InChI=1S/C20H25ClN4O2/c1-2-18-17(14-23-25(18)16-8-6-7-15(21)13-16)20(27)22-10-12-24-11-5-3-4-9-19(24)26/h6-8,13-14H,2-5,9-12H2,1H3,(H,22,27). The molecule has 27 heavy (non-hydrogen) atoms. The number of halogens is 1. The second-order valence-corrected chi connectivity index (χ2v) is 7.13. The molecule has 3 rings (SSSR count). The van der Waals surface area contributed by atoms with Crippen molar-refractivity contribution < 1.29 is 9.59 Å². The maximum Gasteiger partial charge on any atom is 0.254 e. The molecule has 2 amide bonds. The van der Waals surface area contributed by atoms with E-state index in [0.29, 0.717) is 36.5 Å². The van der Waals surface area contributed by atoms with Gasteiger partial charge in [-0.3, -0.25) is 9.59 Å². The zero-order valence-electron chi connectivity index (χ0n) is 15.6. The highest BCUT2D eigenvalue weighted by molar-refractivity contribution is 6.30. The van der Waals surface area contributed by atoms with Crippen molar-refractivity contribution in [2.45, 2.75) is 39.0 Å². The van der Waals surface area contributed by atoms with Crippen LogP contribution < -0.4 is 5.32 Å². The van der Waals surface area contributed by atoms with Crippen molar-refractivity contribution in [3.05, 3.63) is 46.7 Å². The van der Waals surface area contributed by atoms with Gasteiger partial charge >= 0.3 is 0 Å². The van der Waals surface area contributed by atoms with E-state index in [1.807, 2.05) is 30.0 Å². The maximum atomic E-state index is 12.6. The van der Waals surface area contributed by atoms with Crippen LogP contribution in [0.3, 0.4) is 0 Å². The third-order valence-electron chi connectivity index (χ3n) is 4.84. The predicted octanol–water partition coefficient (Wildman–Crippen LogP) is 3.22. The first-order valence-corrected chi connectivity index (χ1v) is 9.86. The van der Waals surface area contributed by atoms with E-state index in [2.05, 4.69) is 10.4 Å². The molecule has 0 saturated carbocycles. The highest BCUT2D eigenvalue weighted by Gasteiger charge is 2.19. The SMILES string of the molecule is CCc1c(C(=O)NCCN2CCCCCC2=O)cnn1-c1cccc(Cl)c1. The van der Waals surface area contributed by atoms with Crippen LogP contribution in [0.4, 0.5) is 0 Å². The Labute approximate surface area is 164 Å². The Kier molecular flexibility index (Phi) is 6.50. The minimum Gasteiger partial charge on any atom is -0.350 e. The van der Waals surface area contributed by atoms with Gasteiger partial charge in [0.1, 0.15) is 0 Å². The molecule has 1 fully saturated rings. The van der Waals surface area contributed by atoms with Crippen LogP contribution in [0.2, 0.25) is 5.02 Å². The van der Waals surface area contributed by atoms with Gasteiger partial charge in [0.25, 0.3) is 5.91 Å². The second-order valence-electron chi connectivity index (χ2n) is 6.70. The summed E-state index contributed by atoms with van der Waals surface area (Å²) in [5.74, 6) is 0.0205. The van der Waals surface area contributed by atoms with E-state index in [1.165, 1.54) is 0 Å². The molecule has 2 heterocycles. The van der Waals surface area contributed by atoms with Crippen molar-refractivity contribution >= 4 is 23.4 Å². The molecule has 1 saturated heterocycles. The summed E-state index contributed by atoms with van der Waals surface area (Å²) >= 11 is 6.07. The van der Waals surface area contributed by atoms with Crippen molar-refractivity contribution in [1.29, 1.82) is 0 Å². The lowest BCUT2D eigenvalue weighted by molar-refractivity contribution is -0.130. The largest absolute Gasteiger partial charge is 0.350 e. The van der Waals surface area contributed by atoms with Gasteiger partial charge in [0.15, 0.2) is 0 Å². The third-order valence-corrected chi connectivity index (χ3v) is 5.07. The summed E-state index contributed by atoms with van der Waals surface area (Å²) in [4.78, 5) is 26.5. The summed E-state index contributed by atoms with van der Waals surface area (Å²) in [5.41, 5.74) is 2.22. The van der Waals surface area contributed by atoms with E-state index in [9.17, 15) is 9.59 Å². The molecular weight excluding hydrogens is 364 g/mol. The first kappa shape index (κ1) is 19.4. The molecule has 1 aliphatic rings. The van der Waals surface area contributed by atoms with Crippen molar-refractivity contribution in [2.24, 2.45) is 0 Å². The average Bonchev–Trinajstić information content (AvgIpc) is 2.99. The van der Waals surface area contributed by atoms with Gasteiger partial charge in [0.05, 0.1) is 23.1 Å². The number of hydrogen-bond donors (Lipinski definition) is 1. The van der Waals surface area contributed by atoms with E-state index in [4.69, 9.17) is 11.6 Å². The minimum absolute atomic E-state index is 0.164. The summed E-state index contributed by atoms with van der Waals surface area (Å²) in [6.07, 6.45) is 5.96. The lowest BCUT2D eigenvalue weighted by Crippen LogP contribution is -2.38. The molecule has 0 aliphatic carbocycles. The van der Waals surface area contributed by atoms with E-state index in [0.717, 1.165) is 37.2 Å². The summed E-state index contributed by atoms with van der Waals surface area (Å²) in [7, 11) is 0. The highest BCUT2D eigenvalue weighted by atomic mass is 35.5. The van der Waals surface area contributed by atoms with Gasteiger partial charge in [0, 0.05) is 31.1 Å². The number of aromatic nitrogens is 2. The minimum atomic E-state index is -0.164. The number of carbonyl (C=O) groups excluding carboxylic acids is 2. The van der Waals surface area contributed by atoms with Crippen LogP contribution in [-0.4, -0.2) is 46.1 Å². The van der Waals surface area contributed by atoms with Gasteiger partial charge in [0.2, 0.25) is 5.91 Å². The van der Waals surface area contributed by atoms with Crippen molar-refractivity contribution in [1.82, 2.24) is 20.0 Å². The topological polar surface area (TPSA) is 67.2 Å². The summed E-state index contributed by atoms with van der Waals surface area (Å²) in [5, 5.41) is 7.92. The molecule has 7 heteroatoms. The summed E-state index contributed by atoms with van der Waals surface area (Å²) in [6.45, 7) is 3.76. The van der Waals surface area contributed by atoms with Crippen molar-refractivity contribution in [2.75, 3.05) is 19.6 Å². The molecule has 1 aromatic carbocycles. The fraction of sp³-hybridized carbons (Fsp3) is 0.450. The van der Waals surface area contributed by atoms with Gasteiger partial charge in [-0.25, -0.2) is 4.68 Å². The van der Waals surface area contributed by atoms with Crippen LogP contribution in [0.5, 0.6) is 0 Å². The van der Waals surface area contributed by atoms with Crippen LogP contribution in [0.1, 0.15) is 48.7 Å². The fourth-order valence-corrected chi connectivity index (χ4v) is 3.59. The van der Waals surface area contributed by atoms with Gasteiger partial charge < -0.3 is 10.2 Å². The Balaban J connectivity index is 1.65. The van der Waals surface area contributed by atoms with Crippen LogP contribution in [0.15, 0.2) is 30.5 Å². The number of amides is 2. The molecule has 6 nitrogen and oxygen atoms in total. The number of rotatable bonds is 6. The Morgan fingerprint density at radius 1 is 1.30 bits per heavy atom. The highest BCUT2D eigenvalue weighted by Crippen LogP contribution is 2.19. The smallest absolute Gasteiger partial charge is 0.254 e. The normalized spacial score (nSPS) is 14.9. The van der Waals surface area contributed by atoms with E-state index in [1.54, 1.807) is 16.9 Å². The average molecular weight is 389 g/mol. The van der Waals surface area contributed by atoms with Gasteiger partial charge in [-0.1, -0.05) is 31.0 Å². The lowest BCUT2D eigenvalue weighted by atomic mass is 10.2. The third kappa shape index (κ3) is 4.69. The van der Waals surface area contributed by atoms with Crippen LogP contribution in [-0.2, 0) is 11.2 Å². The monoisotopic (exact) mass is 388 g/mol. The molecule has 0 atom stereocenters. The number of benzene rings is 1. The molecule has 1 aliphatic heterocycles. The van der Waals surface area contributed by atoms with Crippen LogP contribution in [0.25, 0.3) is 5.69 Å². The number of nitrogens with zero attached hydrogens (tertiary/aromatic N) is 3. The van der Waals surface area contributed by atoms with Crippen LogP contribution in [0, 0.1) is 0 Å². The van der Waals surface area contributed by atoms with E-state index >= 15 is 0 Å². The van der Waals surface area contributed by atoms with E-state index < -0.39 is 0 Å².